The largest absolute Gasteiger partial charge is 0.390 e. The Morgan fingerprint density at radius 1 is 1.00 bits per heavy atom. The molecule has 2 unspecified atom stereocenters. The Bertz CT molecular complexity index is 262. The Labute approximate surface area is 105 Å². The van der Waals surface area contributed by atoms with Crippen molar-refractivity contribution < 1.29 is 5.11 Å². The van der Waals surface area contributed by atoms with Crippen molar-refractivity contribution in [3.63, 3.8) is 0 Å². The molecule has 0 spiro atoms. The molecule has 0 bridgehead atoms. The van der Waals surface area contributed by atoms with Crippen LogP contribution in [0.5, 0.6) is 0 Å². The number of hydrogen-bond donors (Lipinski definition) is 1. The van der Waals surface area contributed by atoms with E-state index in [4.69, 9.17) is 0 Å². The fraction of sp³-hybridized carbons (Fsp3) is 1.00. The van der Waals surface area contributed by atoms with E-state index in [9.17, 15) is 5.11 Å². The summed E-state index contributed by atoms with van der Waals surface area (Å²) in [7, 11) is 0. The van der Waals surface area contributed by atoms with Gasteiger partial charge in [0, 0.05) is 25.6 Å². The van der Waals surface area contributed by atoms with Gasteiger partial charge < -0.3 is 10.0 Å². The fourth-order valence-electron chi connectivity index (χ4n) is 4.36. The van der Waals surface area contributed by atoms with Crippen LogP contribution in [0.15, 0.2) is 0 Å². The molecule has 98 valence electrons. The SMILES string of the molecule is OC12CCCCC1CN(CC1CCCC1)CC2. The smallest absolute Gasteiger partial charge is 0.0700 e. The minimum absolute atomic E-state index is 0.287. The summed E-state index contributed by atoms with van der Waals surface area (Å²) in [6, 6.07) is 0. The molecule has 0 aromatic heterocycles. The molecule has 1 N–H and O–H groups in total. The number of rotatable bonds is 2. The van der Waals surface area contributed by atoms with Crippen LogP contribution in [0, 0.1) is 11.8 Å². The summed E-state index contributed by atoms with van der Waals surface area (Å²) in [6.45, 7) is 3.63. The third-order valence-corrected chi connectivity index (χ3v) is 5.50. The lowest BCUT2D eigenvalue weighted by Gasteiger charge is -2.48. The van der Waals surface area contributed by atoms with E-state index in [0.29, 0.717) is 5.92 Å². The van der Waals surface area contributed by atoms with Crippen LogP contribution in [0.1, 0.15) is 57.8 Å². The highest BCUT2D eigenvalue weighted by molar-refractivity contribution is 4.96. The topological polar surface area (TPSA) is 23.5 Å². The van der Waals surface area contributed by atoms with E-state index in [1.807, 2.05) is 0 Å². The van der Waals surface area contributed by atoms with Gasteiger partial charge in [-0.2, -0.15) is 0 Å². The average Bonchev–Trinajstić information content (AvgIpc) is 2.82. The second-order valence-corrected chi connectivity index (χ2v) is 6.71. The second kappa shape index (κ2) is 4.89. The van der Waals surface area contributed by atoms with E-state index in [2.05, 4.69) is 4.90 Å². The van der Waals surface area contributed by atoms with Crippen LogP contribution in [0.2, 0.25) is 0 Å². The molecule has 2 nitrogen and oxygen atoms in total. The number of likely N-dealkylation sites (tertiary alicyclic amines) is 1. The highest BCUT2D eigenvalue weighted by Crippen LogP contribution is 2.40. The lowest BCUT2D eigenvalue weighted by Crippen LogP contribution is -2.53. The standard InChI is InChI=1S/C15H27NO/c17-15-8-4-3-7-14(15)12-16(10-9-15)11-13-5-1-2-6-13/h13-14,17H,1-12H2. The minimum atomic E-state index is -0.287. The van der Waals surface area contributed by atoms with E-state index < -0.39 is 0 Å². The average molecular weight is 237 g/mol. The summed E-state index contributed by atoms with van der Waals surface area (Å²) in [5.74, 6) is 1.54. The predicted molar refractivity (Wildman–Crippen MR) is 69.9 cm³/mol. The number of fused-ring (bicyclic) bond motifs is 1. The Balaban J connectivity index is 1.55. The van der Waals surface area contributed by atoms with Gasteiger partial charge in [0.25, 0.3) is 0 Å². The van der Waals surface area contributed by atoms with Gasteiger partial charge in [-0.15, -0.1) is 0 Å². The first kappa shape index (κ1) is 12.0. The zero-order valence-corrected chi connectivity index (χ0v) is 11.0. The highest BCUT2D eigenvalue weighted by Gasteiger charge is 2.42. The van der Waals surface area contributed by atoms with Crippen LogP contribution in [0.4, 0.5) is 0 Å². The first-order chi connectivity index (χ1) is 8.26. The van der Waals surface area contributed by atoms with Crippen molar-refractivity contribution in [2.75, 3.05) is 19.6 Å². The van der Waals surface area contributed by atoms with E-state index in [1.54, 1.807) is 0 Å². The summed E-state index contributed by atoms with van der Waals surface area (Å²) in [6.07, 6.45) is 11.7. The minimum Gasteiger partial charge on any atom is -0.390 e. The third-order valence-electron chi connectivity index (χ3n) is 5.50. The van der Waals surface area contributed by atoms with Gasteiger partial charge in [-0.1, -0.05) is 25.7 Å². The van der Waals surface area contributed by atoms with Crippen LogP contribution in [0.3, 0.4) is 0 Å². The zero-order chi connectivity index (χ0) is 11.7. The molecular weight excluding hydrogens is 210 g/mol. The van der Waals surface area contributed by atoms with Crippen molar-refractivity contribution in [1.82, 2.24) is 4.90 Å². The van der Waals surface area contributed by atoms with Gasteiger partial charge >= 0.3 is 0 Å². The lowest BCUT2D eigenvalue weighted by molar-refractivity contribution is -0.0970. The third kappa shape index (κ3) is 2.53. The molecule has 2 aliphatic carbocycles. The molecule has 0 aromatic rings. The summed E-state index contributed by atoms with van der Waals surface area (Å²) < 4.78 is 0. The molecule has 2 atom stereocenters. The van der Waals surface area contributed by atoms with E-state index >= 15 is 0 Å². The molecule has 1 saturated heterocycles. The number of nitrogens with zero attached hydrogens (tertiary/aromatic N) is 1. The molecule has 0 amide bonds. The van der Waals surface area contributed by atoms with E-state index in [-0.39, 0.29) is 5.60 Å². The molecular formula is C15H27NO. The Morgan fingerprint density at radius 3 is 2.59 bits per heavy atom. The molecule has 2 saturated carbocycles. The summed E-state index contributed by atoms with van der Waals surface area (Å²) in [4.78, 5) is 2.65. The number of piperidine rings is 1. The van der Waals surface area contributed by atoms with Crippen LogP contribution in [-0.4, -0.2) is 35.2 Å². The molecule has 3 fully saturated rings. The first-order valence-corrected chi connectivity index (χ1v) is 7.71. The van der Waals surface area contributed by atoms with Crippen molar-refractivity contribution in [2.24, 2.45) is 11.8 Å². The summed E-state index contributed by atoms with van der Waals surface area (Å²) in [5.41, 5.74) is -0.287. The Morgan fingerprint density at radius 2 is 1.76 bits per heavy atom. The van der Waals surface area contributed by atoms with E-state index in [1.165, 1.54) is 58.0 Å². The molecule has 1 heterocycles. The van der Waals surface area contributed by atoms with Gasteiger partial charge in [-0.3, -0.25) is 0 Å². The fourth-order valence-corrected chi connectivity index (χ4v) is 4.36. The maximum Gasteiger partial charge on any atom is 0.0700 e. The van der Waals surface area contributed by atoms with Crippen molar-refractivity contribution >= 4 is 0 Å². The van der Waals surface area contributed by atoms with Crippen LogP contribution in [-0.2, 0) is 0 Å². The maximum atomic E-state index is 10.6. The molecule has 0 aromatic carbocycles. The monoisotopic (exact) mass is 237 g/mol. The van der Waals surface area contributed by atoms with Crippen LogP contribution < -0.4 is 0 Å². The Hall–Kier alpha value is -0.0800. The van der Waals surface area contributed by atoms with Crippen molar-refractivity contribution in [2.45, 2.75) is 63.4 Å². The summed E-state index contributed by atoms with van der Waals surface area (Å²) in [5, 5.41) is 10.6. The molecule has 3 rings (SSSR count). The molecule has 2 heteroatoms. The normalized spacial score (nSPS) is 40.4. The maximum absolute atomic E-state index is 10.6. The highest BCUT2D eigenvalue weighted by atomic mass is 16.3. The van der Waals surface area contributed by atoms with Gasteiger partial charge in [0.05, 0.1) is 5.60 Å². The predicted octanol–water partition coefficient (Wildman–Crippen LogP) is 2.80. The summed E-state index contributed by atoms with van der Waals surface area (Å²) >= 11 is 0. The van der Waals surface area contributed by atoms with Crippen molar-refractivity contribution in [1.29, 1.82) is 0 Å². The van der Waals surface area contributed by atoms with Gasteiger partial charge in [0.2, 0.25) is 0 Å². The first-order valence-electron chi connectivity index (χ1n) is 7.71. The van der Waals surface area contributed by atoms with Crippen molar-refractivity contribution in [3.8, 4) is 0 Å². The van der Waals surface area contributed by atoms with Gasteiger partial charge in [-0.25, -0.2) is 0 Å². The molecule has 3 aliphatic rings. The van der Waals surface area contributed by atoms with E-state index in [0.717, 1.165) is 25.3 Å². The van der Waals surface area contributed by atoms with Crippen LogP contribution >= 0.6 is 0 Å². The van der Waals surface area contributed by atoms with Gasteiger partial charge in [0.1, 0.15) is 0 Å². The molecule has 1 aliphatic heterocycles. The lowest BCUT2D eigenvalue weighted by atomic mass is 9.71. The zero-order valence-electron chi connectivity index (χ0n) is 11.0. The Kier molecular flexibility index (Phi) is 3.45. The molecule has 0 radical (unpaired) electrons. The molecule has 17 heavy (non-hydrogen) atoms. The quantitative estimate of drug-likeness (QED) is 0.798. The number of hydrogen-bond acceptors (Lipinski definition) is 2. The van der Waals surface area contributed by atoms with Crippen LogP contribution in [0.25, 0.3) is 0 Å². The van der Waals surface area contributed by atoms with Crippen molar-refractivity contribution in [3.05, 3.63) is 0 Å². The van der Waals surface area contributed by atoms with Gasteiger partial charge in [0.15, 0.2) is 0 Å². The second-order valence-electron chi connectivity index (χ2n) is 6.71. The number of aliphatic hydroxyl groups is 1. The van der Waals surface area contributed by atoms with Gasteiger partial charge in [-0.05, 0) is 38.0 Å².